The monoisotopic (exact) mass is 702 g/mol. The Morgan fingerprint density at radius 2 is 1.57 bits per heavy atom. The molecule has 2 aromatic rings. The van der Waals surface area contributed by atoms with Gasteiger partial charge in [-0.2, -0.15) is 0 Å². The number of likely N-dealkylation sites (tertiary alicyclic amines) is 1. The second-order valence-electron chi connectivity index (χ2n) is 12.5. The minimum Gasteiger partial charge on any atom is -0.372 e. The summed E-state index contributed by atoms with van der Waals surface area (Å²) >= 11 is 0. The SMILES string of the molecule is CCOP(=O)(OCC)[C@H](CC)NC(=O)[C@@H]1C[C@@H](OCc2ccccc2)CN1C(=O)[C@@H](NC(=O)[C@@H](NC(=O)c1cnccn1)C(C)C)C(C)C. The molecule has 3 rings (SSSR count). The maximum absolute atomic E-state index is 14.3. The van der Waals surface area contributed by atoms with Crippen LogP contribution in [0.2, 0.25) is 0 Å². The van der Waals surface area contributed by atoms with Crippen LogP contribution in [0.4, 0.5) is 0 Å². The first-order chi connectivity index (χ1) is 23.3. The fourth-order valence-electron chi connectivity index (χ4n) is 5.54. The van der Waals surface area contributed by atoms with E-state index in [0.29, 0.717) is 0 Å². The highest BCUT2D eigenvalue weighted by Crippen LogP contribution is 2.53. The fourth-order valence-corrected chi connectivity index (χ4v) is 7.43. The van der Waals surface area contributed by atoms with Gasteiger partial charge in [-0.3, -0.25) is 28.7 Å². The van der Waals surface area contributed by atoms with E-state index in [9.17, 15) is 23.7 Å². The molecule has 14 nitrogen and oxygen atoms in total. The number of carbonyl (C=O) groups excluding carboxylic acids is 4. The number of hydrogen-bond acceptors (Lipinski definition) is 10. The molecule has 5 atom stereocenters. The smallest absolute Gasteiger partial charge is 0.352 e. The number of amides is 4. The van der Waals surface area contributed by atoms with Gasteiger partial charge < -0.3 is 34.6 Å². The largest absolute Gasteiger partial charge is 0.372 e. The Balaban J connectivity index is 1.86. The Morgan fingerprint density at radius 1 is 0.918 bits per heavy atom. The van der Waals surface area contributed by atoms with Gasteiger partial charge in [0.15, 0.2) is 0 Å². The number of rotatable bonds is 18. The van der Waals surface area contributed by atoms with Crippen LogP contribution in [-0.4, -0.2) is 88.3 Å². The third kappa shape index (κ3) is 10.9. The number of hydrogen-bond donors (Lipinski definition) is 3. The molecule has 0 saturated carbocycles. The van der Waals surface area contributed by atoms with Crippen LogP contribution < -0.4 is 16.0 Å². The molecule has 0 unspecified atom stereocenters. The Hall–Kier alpha value is -3.71. The van der Waals surface area contributed by atoms with Crippen molar-refractivity contribution in [1.82, 2.24) is 30.8 Å². The van der Waals surface area contributed by atoms with Crippen molar-refractivity contribution in [3.05, 3.63) is 60.2 Å². The molecular weight excluding hydrogens is 651 g/mol. The first-order valence-corrected chi connectivity index (χ1v) is 18.5. The highest BCUT2D eigenvalue weighted by Gasteiger charge is 2.45. The molecule has 3 N–H and O–H groups in total. The van der Waals surface area contributed by atoms with Crippen LogP contribution in [0.1, 0.15) is 77.4 Å². The average molecular weight is 703 g/mol. The van der Waals surface area contributed by atoms with Crippen LogP contribution >= 0.6 is 7.60 Å². The molecule has 0 radical (unpaired) electrons. The van der Waals surface area contributed by atoms with Crippen LogP contribution in [0.15, 0.2) is 48.9 Å². The molecule has 1 aromatic heterocycles. The molecule has 49 heavy (non-hydrogen) atoms. The number of nitrogens with one attached hydrogen (secondary N) is 3. The highest BCUT2D eigenvalue weighted by molar-refractivity contribution is 7.54. The Kier molecular flexibility index (Phi) is 15.3. The maximum Gasteiger partial charge on any atom is 0.352 e. The molecule has 0 spiro atoms. The number of carbonyl (C=O) groups is 4. The summed E-state index contributed by atoms with van der Waals surface area (Å²) in [5, 5.41) is 8.37. The van der Waals surface area contributed by atoms with E-state index in [2.05, 4.69) is 25.9 Å². The molecule has 1 aliphatic heterocycles. The number of ether oxygens (including phenoxy) is 1. The van der Waals surface area contributed by atoms with Gasteiger partial charge in [-0.25, -0.2) is 4.98 Å². The second kappa shape index (κ2) is 18.9. The van der Waals surface area contributed by atoms with Crippen LogP contribution in [0.3, 0.4) is 0 Å². The van der Waals surface area contributed by atoms with Gasteiger partial charge in [0.25, 0.3) is 5.91 Å². The lowest BCUT2D eigenvalue weighted by atomic mass is 9.99. The zero-order valence-corrected chi connectivity index (χ0v) is 30.4. The van der Waals surface area contributed by atoms with Gasteiger partial charge in [0.05, 0.1) is 32.1 Å². The molecule has 1 aromatic carbocycles. The third-order valence-corrected chi connectivity index (χ3v) is 10.6. The van der Waals surface area contributed by atoms with Crippen molar-refractivity contribution in [3.63, 3.8) is 0 Å². The molecule has 4 amide bonds. The van der Waals surface area contributed by atoms with Crippen LogP contribution in [-0.2, 0) is 39.3 Å². The summed E-state index contributed by atoms with van der Waals surface area (Å²) in [4.78, 5) is 64.1. The predicted octanol–water partition coefficient (Wildman–Crippen LogP) is 3.68. The predicted molar refractivity (Wildman–Crippen MR) is 183 cm³/mol. The summed E-state index contributed by atoms with van der Waals surface area (Å²) in [7, 11) is -3.71. The standard InChI is InChI=1S/C34H51N6O8P/c1-8-28(49(45,47-9-2)48-10-3)37-32(42)27-18-25(46-21-24-14-12-11-13-15-24)20-40(27)34(44)30(23(6)7)39-33(43)29(22(4)5)38-31(41)26-19-35-16-17-36-26/h11-17,19,22-23,25,27-30H,8-10,18,20-21H2,1-7H3,(H,37,42)(H,38,41)(H,39,43)/t25-,27+,28-,29+,30+/m1/s1. The van der Waals surface area contributed by atoms with Gasteiger partial charge in [0, 0.05) is 25.4 Å². The van der Waals surface area contributed by atoms with Gasteiger partial charge in [-0.1, -0.05) is 65.0 Å². The summed E-state index contributed by atoms with van der Waals surface area (Å²) in [5.41, 5.74) is 0.984. The molecular formula is C34H51N6O8P. The fraction of sp³-hybridized carbons (Fsp3) is 0.588. The lowest BCUT2D eigenvalue weighted by Crippen LogP contribution is -2.59. The van der Waals surface area contributed by atoms with Gasteiger partial charge in [-0.15, -0.1) is 0 Å². The summed E-state index contributed by atoms with van der Waals surface area (Å²) in [6.45, 7) is 12.9. The Bertz CT molecular complexity index is 1420. The summed E-state index contributed by atoms with van der Waals surface area (Å²) in [6, 6.07) is 6.53. The topological polar surface area (TPSA) is 178 Å². The van der Waals surface area contributed by atoms with Crippen molar-refractivity contribution in [1.29, 1.82) is 0 Å². The molecule has 270 valence electrons. The molecule has 0 aliphatic carbocycles. The molecule has 1 saturated heterocycles. The van der Waals surface area contributed by atoms with E-state index < -0.39 is 61.2 Å². The Labute approximate surface area is 289 Å². The summed E-state index contributed by atoms with van der Waals surface area (Å²) in [6.07, 6.45) is 4.05. The van der Waals surface area contributed by atoms with Gasteiger partial charge in [0.2, 0.25) is 17.7 Å². The normalized spacial score (nSPS) is 18.2. The third-order valence-electron chi connectivity index (χ3n) is 8.13. The number of aromatic nitrogens is 2. The summed E-state index contributed by atoms with van der Waals surface area (Å²) < 4.78 is 30.8. The zero-order chi connectivity index (χ0) is 36.1. The molecule has 2 heterocycles. The van der Waals surface area contributed by atoms with Crippen molar-refractivity contribution < 1.29 is 37.5 Å². The second-order valence-corrected chi connectivity index (χ2v) is 14.7. The van der Waals surface area contributed by atoms with Gasteiger partial charge >= 0.3 is 7.60 Å². The van der Waals surface area contributed by atoms with E-state index in [1.807, 2.05) is 30.3 Å². The molecule has 0 bridgehead atoms. The Morgan fingerprint density at radius 3 is 2.12 bits per heavy atom. The van der Waals surface area contributed by atoms with Crippen molar-refractivity contribution in [3.8, 4) is 0 Å². The van der Waals surface area contributed by atoms with E-state index in [1.54, 1.807) is 48.5 Å². The first kappa shape index (κ1) is 39.7. The van der Waals surface area contributed by atoms with Crippen molar-refractivity contribution in [2.45, 2.75) is 97.9 Å². The number of benzene rings is 1. The minimum atomic E-state index is -3.71. The lowest BCUT2D eigenvalue weighted by molar-refractivity contribution is -0.143. The van der Waals surface area contributed by atoms with Crippen molar-refractivity contribution in [2.24, 2.45) is 11.8 Å². The first-order valence-electron chi connectivity index (χ1n) is 16.9. The van der Waals surface area contributed by atoms with Gasteiger partial charge in [-0.05, 0) is 37.7 Å². The van der Waals surface area contributed by atoms with Gasteiger partial charge in [0.1, 0.15) is 29.6 Å². The number of nitrogens with zero attached hydrogens (tertiary/aromatic N) is 3. The van der Waals surface area contributed by atoms with Crippen LogP contribution in [0.5, 0.6) is 0 Å². The quantitative estimate of drug-likeness (QED) is 0.194. The minimum absolute atomic E-state index is 0.0495. The van der Waals surface area contributed by atoms with Crippen molar-refractivity contribution in [2.75, 3.05) is 19.8 Å². The van der Waals surface area contributed by atoms with E-state index in [-0.39, 0.29) is 56.7 Å². The highest BCUT2D eigenvalue weighted by atomic mass is 31.2. The van der Waals surface area contributed by atoms with Crippen molar-refractivity contribution >= 4 is 31.2 Å². The molecule has 1 aliphatic rings. The maximum atomic E-state index is 14.3. The van der Waals surface area contributed by atoms with E-state index >= 15 is 0 Å². The van der Waals surface area contributed by atoms with E-state index in [4.69, 9.17) is 13.8 Å². The molecule has 1 fully saturated rings. The average Bonchev–Trinajstić information content (AvgIpc) is 3.52. The lowest BCUT2D eigenvalue weighted by Gasteiger charge is -2.33. The van der Waals surface area contributed by atoms with Crippen LogP contribution in [0.25, 0.3) is 0 Å². The van der Waals surface area contributed by atoms with E-state index in [1.165, 1.54) is 23.5 Å². The van der Waals surface area contributed by atoms with Crippen LogP contribution in [0, 0.1) is 11.8 Å². The summed E-state index contributed by atoms with van der Waals surface area (Å²) in [5.74, 6) is -3.80. The zero-order valence-electron chi connectivity index (χ0n) is 29.5. The van der Waals surface area contributed by atoms with E-state index in [0.717, 1.165) is 5.56 Å². The molecule has 15 heteroatoms.